The highest BCUT2D eigenvalue weighted by atomic mass is 32.2. The monoisotopic (exact) mass is 519 g/mol. The highest BCUT2D eigenvalue weighted by molar-refractivity contribution is 7.93. The number of fused-ring (bicyclic) bond motifs is 1. The minimum absolute atomic E-state index is 0.0449. The van der Waals surface area contributed by atoms with E-state index in [0.29, 0.717) is 18.6 Å². The van der Waals surface area contributed by atoms with Gasteiger partial charge in [-0.25, -0.2) is 8.42 Å². The molecule has 4 aliphatic rings. The van der Waals surface area contributed by atoms with Crippen LogP contribution >= 0.6 is 0 Å². The van der Waals surface area contributed by atoms with E-state index in [1.54, 1.807) is 17.0 Å². The molecule has 4 fully saturated rings. The number of amides is 3. The maximum Gasteiger partial charge on any atom is 0.248 e. The number of carbonyl (C=O) groups excluding carboxylic acids is 3. The second kappa shape index (κ2) is 9.19. The van der Waals surface area contributed by atoms with Gasteiger partial charge in [-0.3, -0.25) is 14.4 Å². The fourth-order valence-corrected chi connectivity index (χ4v) is 8.82. The van der Waals surface area contributed by atoms with Crippen molar-refractivity contribution in [2.45, 2.75) is 119 Å². The van der Waals surface area contributed by atoms with E-state index in [9.17, 15) is 22.8 Å². The number of hydrogen-bond donors (Lipinski definition) is 1. The Bertz CT molecular complexity index is 1120. The first kappa shape index (κ1) is 25.3. The quantitative estimate of drug-likeness (QED) is 0.578. The van der Waals surface area contributed by atoms with E-state index in [1.807, 2.05) is 0 Å². The molecule has 1 aromatic rings. The Morgan fingerprint density at radius 1 is 1.11 bits per heavy atom. The SMILES string of the molecule is CC1(C)C(C(=O)N(Cc2ccco2)C2(C(=O)NC3CCCCC3)CCCCC2)N2C(=O)CC2S1(=O)=O. The van der Waals surface area contributed by atoms with Gasteiger partial charge < -0.3 is 19.5 Å². The molecule has 3 heterocycles. The topological polar surface area (TPSA) is 117 Å². The maximum atomic E-state index is 14.5. The maximum absolute atomic E-state index is 14.5. The van der Waals surface area contributed by atoms with Gasteiger partial charge in [0.05, 0.1) is 24.0 Å². The number of nitrogens with one attached hydrogen (secondary N) is 1. The first-order valence-electron chi connectivity index (χ1n) is 13.3. The standard InChI is InChI=1S/C26H37N3O6S/c1-25(2)22(29-20(30)16-21(29)36(25,33)34)23(31)28(17-19-12-9-15-35-19)26(13-7-4-8-14-26)24(32)27-18-10-5-3-6-11-18/h9,12,15,18,21-22H,3-8,10-11,13-14,16-17H2,1-2H3,(H,27,32). The molecule has 9 nitrogen and oxygen atoms in total. The second-order valence-corrected chi connectivity index (χ2v) is 14.1. The predicted molar refractivity (Wildman–Crippen MR) is 132 cm³/mol. The third kappa shape index (κ3) is 3.87. The van der Waals surface area contributed by atoms with Crippen molar-refractivity contribution in [1.82, 2.24) is 15.1 Å². The Balaban J connectivity index is 1.54. The average molecular weight is 520 g/mol. The zero-order valence-electron chi connectivity index (χ0n) is 21.2. The number of carbonyl (C=O) groups is 3. The molecule has 36 heavy (non-hydrogen) atoms. The molecule has 2 unspecified atom stereocenters. The highest BCUT2D eigenvalue weighted by Crippen LogP contribution is 2.48. The van der Waals surface area contributed by atoms with E-state index in [-0.39, 0.29) is 30.8 Å². The Hall–Kier alpha value is -2.36. The van der Waals surface area contributed by atoms with Crippen LogP contribution in [0.2, 0.25) is 0 Å². The Morgan fingerprint density at radius 2 is 1.78 bits per heavy atom. The summed E-state index contributed by atoms with van der Waals surface area (Å²) >= 11 is 0. The molecule has 0 bridgehead atoms. The lowest BCUT2D eigenvalue weighted by molar-refractivity contribution is -0.162. The molecule has 2 aliphatic carbocycles. The third-order valence-electron chi connectivity index (χ3n) is 8.93. The van der Waals surface area contributed by atoms with Gasteiger partial charge in [0.15, 0.2) is 9.84 Å². The Labute approximate surface area is 212 Å². The van der Waals surface area contributed by atoms with Crippen LogP contribution in [-0.2, 0) is 30.8 Å². The summed E-state index contributed by atoms with van der Waals surface area (Å²) in [7, 11) is -3.75. The van der Waals surface area contributed by atoms with Crippen molar-refractivity contribution in [2.75, 3.05) is 0 Å². The van der Waals surface area contributed by atoms with Crippen molar-refractivity contribution in [3.05, 3.63) is 24.2 Å². The summed E-state index contributed by atoms with van der Waals surface area (Å²) in [6, 6.07) is 2.39. The van der Waals surface area contributed by atoms with Crippen LogP contribution in [0.15, 0.2) is 22.8 Å². The largest absolute Gasteiger partial charge is 0.467 e. The minimum atomic E-state index is -3.75. The molecular formula is C26H37N3O6S. The zero-order chi connectivity index (χ0) is 25.7. The Morgan fingerprint density at radius 3 is 2.39 bits per heavy atom. The van der Waals surface area contributed by atoms with Gasteiger partial charge in [0, 0.05) is 6.04 Å². The summed E-state index contributed by atoms with van der Waals surface area (Å²) in [4.78, 5) is 43.9. The van der Waals surface area contributed by atoms with E-state index < -0.39 is 37.4 Å². The van der Waals surface area contributed by atoms with Crippen molar-refractivity contribution in [2.24, 2.45) is 0 Å². The number of furan rings is 1. The molecule has 1 N–H and O–H groups in total. The van der Waals surface area contributed by atoms with Gasteiger partial charge in [-0.1, -0.05) is 38.5 Å². The van der Waals surface area contributed by atoms with E-state index in [4.69, 9.17) is 4.42 Å². The van der Waals surface area contributed by atoms with Gasteiger partial charge in [-0.15, -0.1) is 0 Å². The molecule has 2 atom stereocenters. The van der Waals surface area contributed by atoms with Crippen molar-refractivity contribution in [3.8, 4) is 0 Å². The fourth-order valence-electron chi connectivity index (χ4n) is 6.70. The van der Waals surface area contributed by atoms with Crippen LogP contribution in [0.5, 0.6) is 0 Å². The van der Waals surface area contributed by atoms with Gasteiger partial charge >= 0.3 is 0 Å². The minimum Gasteiger partial charge on any atom is -0.467 e. The van der Waals surface area contributed by atoms with E-state index in [0.717, 1.165) is 51.4 Å². The number of hydrogen-bond acceptors (Lipinski definition) is 6. The third-order valence-corrected chi connectivity index (χ3v) is 11.7. The van der Waals surface area contributed by atoms with E-state index in [1.165, 1.54) is 25.0 Å². The number of rotatable bonds is 6. The molecule has 2 saturated heterocycles. The molecule has 2 aliphatic heterocycles. The van der Waals surface area contributed by atoms with Gasteiger partial charge in [0.2, 0.25) is 17.7 Å². The van der Waals surface area contributed by atoms with Crippen LogP contribution in [0.3, 0.4) is 0 Å². The number of nitrogens with zero attached hydrogens (tertiary/aromatic N) is 2. The first-order chi connectivity index (χ1) is 17.1. The van der Waals surface area contributed by atoms with Crippen LogP contribution in [0.1, 0.15) is 90.2 Å². The van der Waals surface area contributed by atoms with Crippen LogP contribution in [0.25, 0.3) is 0 Å². The van der Waals surface area contributed by atoms with Crippen LogP contribution < -0.4 is 5.32 Å². The molecule has 2 saturated carbocycles. The smallest absolute Gasteiger partial charge is 0.248 e. The molecule has 0 aromatic carbocycles. The van der Waals surface area contributed by atoms with Crippen molar-refractivity contribution in [1.29, 1.82) is 0 Å². The molecule has 0 radical (unpaired) electrons. The molecule has 3 amide bonds. The lowest BCUT2D eigenvalue weighted by atomic mass is 9.78. The lowest BCUT2D eigenvalue weighted by Crippen LogP contribution is -2.67. The highest BCUT2D eigenvalue weighted by Gasteiger charge is 2.69. The number of sulfone groups is 1. The first-order valence-corrected chi connectivity index (χ1v) is 14.8. The van der Waals surface area contributed by atoms with Crippen LogP contribution in [0, 0.1) is 0 Å². The lowest BCUT2D eigenvalue weighted by Gasteiger charge is -2.48. The molecular weight excluding hydrogens is 482 g/mol. The van der Waals surface area contributed by atoms with Gasteiger partial charge in [0.25, 0.3) is 0 Å². The summed E-state index contributed by atoms with van der Waals surface area (Å²) in [6.07, 6.45) is 10.1. The van der Waals surface area contributed by atoms with Gasteiger partial charge in [-0.05, 0) is 51.7 Å². The normalized spacial score (nSPS) is 28.7. The van der Waals surface area contributed by atoms with Crippen molar-refractivity contribution in [3.63, 3.8) is 0 Å². The molecule has 10 heteroatoms. The van der Waals surface area contributed by atoms with Crippen molar-refractivity contribution >= 4 is 27.6 Å². The number of β-lactam (4-membered cyclic amide) rings is 1. The van der Waals surface area contributed by atoms with Crippen LogP contribution in [0.4, 0.5) is 0 Å². The fraction of sp³-hybridized carbons (Fsp3) is 0.731. The average Bonchev–Trinajstić information content (AvgIpc) is 3.41. The molecule has 0 spiro atoms. The molecule has 198 valence electrons. The summed E-state index contributed by atoms with van der Waals surface area (Å²) < 4.78 is 30.7. The Kier molecular flexibility index (Phi) is 6.46. The van der Waals surface area contributed by atoms with E-state index >= 15 is 0 Å². The van der Waals surface area contributed by atoms with Crippen LogP contribution in [-0.4, -0.2) is 63.7 Å². The summed E-state index contributed by atoms with van der Waals surface area (Å²) in [5, 5.41) is 2.28. The van der Waals surface area contributed by atoms with Gasteiger partial charge in [-0.2, -0.15) is 0 Å². The molecule has 5 rings (SSSR count). The van der Waals surface area contributed by atoms with Gasteiger partial charge in [0.1, 0.15) is 22.7 Å². The molecule has 1 aromatic heterocycles. The summed E-state index contributed by atoms with van der Waals surface area (Å²) in [6.45, 7) is 3.09. The van der Waals surface area contributed by atoms with E-state index in [2.05, 4.69) is 5.32 Å². The zero-order valence-corrected chi connectivity index (χ0v) is 22.0. The second-order valence-electron chi connectivity index (χ2n) is 11.4. The predicted octanol–water partition coefficient (Wildman–Crippen LogP) is 2.89. The van der Waals surface area contributed by atoms with Crippen molar-refractivity contribution < 1.29 is 27.2 Å². The summed E-state index contributed by atoms with van der Waals surface area (Å²) in [5.74, 6) is -0.478. The summed E-state index contributed by atoms with van der Waals surface area (Å²) in [5.41, 5.74) is -1.12.